The fourth-order valence-electron chi connectivity index (χ4n) is 1.70. The Bertz CT molecular complexity index is 361. The van der Waals surface area contributed by atoms with Crippen LogP contribution in [0.2, 0.25) is 0 Å². The van der Waals surface area contributed by atoms with E-state index in [4.69, 9.17) is 0 Å². The Labute approximate surface area is 129 Å². The zero-order valence-corrected chi connectivity index (χ0v) is 14.4. The molecule has 2 aliphatic carbocycles. The van der Waals surface area contributed by atoms with Gasteiger partial charge in [-0.1, -0.05) is 27.7 Å². The van der Waals surface area contributed by atoms with Crippen molar-refractivity contribution in [1.29, 1.82) is 0 Å². The first-order valence-electron chi connectivity index (χ1n) is 5.91. The van der Waals surface area contributed by atoms with Gasteiger partial charge in [-0.2, -0.15) is 22.3 Å². The van der Waals surface area contributed by atoms with Gasteiger partial charge in [0.25, 0.3) is 0 Å². The third kappa shape index (κ3) is 4.55. The summed E-state index contributed by atoms with van der Waals surface area (Å²) in [5, 5.41) is 0. The Morgan fingerprint density at radius 1 is 0.706 bits per heavy atom. The third-order valence-corrected chi connectivity index (χ3v) is 3.64. The van der Waals surface area contributed by atoms with E-state index in [0.29, 0.717) is 0 Å². The molecule has 0 aromatic rings. The first-order valence-corrected chi connectivity index (χ1v) is 5.91. The summed E-state index contributed by atoms with van der Waals surface area (Å²) in [5.41, 5.74) is 8.49. The van der Waals surface area contributed by atoms with Crippen LogP contribution in [0.5, 0.6) is 0 Å². The minimum atomic E-state index is 0. The second kappa shape index (κ2) is 7.32. The number of hydrogen-bond donors (Lipinski definition) is 0. The Morgan fingerprint density at radius 3 is 1.06 bits per heavy atom. The first-order chi connectivity index (χ1) is 7.43. The van der Waals surface area contributed by atoms with Crippen LogP contribution in [0, 0.1) is 12.2 Å². The molecule has 1 heteroatoms. The fraction of sp³-hybridized carbons (Fsp3) is 0.500. The molecule has 0 unspecified atom stereocenters. The van der Waals surface area contributed by atoms with Crippen LogP contribution in [0.25, 0.3) is 0 Å². The van der Waals surface area contributed by atoms with Gasteiger partial charge in [0.15, 0.2) is 0 Å². The van der Waals surface area contributed by atoms with Crippen molar-refractivity contribution in [1.82, 2.24) is 0 Å². The van der Waals surface area contributed by atoms with Crippen LogP contribution in [0.4, 0.5) is 0 Å². The van der Waals surface area contributed by atoms with E-state index in [2.05, 4.69) is 53.7 Å². The van der Waals surface area contributed by atoms with E-state index in [0.717, 1.165) is 12.8 Å². The zero-order chi connectivity index (χ0) is 12.3. The molecule has 0 aliphatic heterocycles. The van der Waals surface area contributed by atoms with Crippen molar-refractivity contribution in [2.75, 3.05) is 0 Å². The van der Waals surface area contributed by atoms with Crippen LogP contribution >= 0.6 is 0 Å². The van der Waals surface area contributed by atoms with E-state index in [1.165, 1.54) is 33.4 Å². The topological polar surface area (TPSA) is 0 Å². The molecule has 0 heterocycles. The van der Waals surface area contributed by atoms with Crippen molar-refractivity contribution in [3.63, 3.8) is 0 Å². The van der Waals surface area contributed by atoms with Crippen molar-refractivity contribution >= 4 is 0 Å². The first kappa shape index (κ1) is 16.8. The van der Waals surface area contributed by atoms with Crippen molar-refractivity contribution in [2.24, 2.45) is 0 Å². The maximum absolute atomic E-state index is 3.26. The van der Waals surface area contributed by atoms with Gasteiger partial charge in [0, 0.05) is 0 Å². The van der Waals surface area contributed by atoms with Crippen molar-refractivity contribution < 1.29 is 29.1 Å². The van der Waals surface area contributed by atoms with Gasteiger partial charge < -0.3 is 2.85 Å². The Balaban J connectivity index is -0.000000233. The van der Waals surface area contributed by atoms with Gasteiger partial charge in [-0.05, 0) is 0 Å². The fourth-order valence-corrected chi connectivity index (χ4v) is 1.70. The predicted octanol–water partition coefficient (Wildman–Crippen LogP) is 5.17. The summed E-state index contributed by atoms with van der Waals surface area (Å²) >= 11 is 0. The Kier molecular flexibility index (Phi) is 7.25. The smallest absolute Gasteiger partial charge is 1.00 e. The van der Waals surface area contributed by atoms with Gasteiger partial charge >= 0.3 is 26.2 Å². The average molecular weight is 308 g/mol. The second-order valence-electron chi connectivity index (χ2n) is 4.77. The molecule has 0 saturated heterocycles. The van der Waals surface area contributed by atoms with Crippen LogP contribution in [0.3, 0.4) is 0 Å². The summed E-state index contributed by atoms with van der Waals surface area (Å²) in [6, 6.07) is 0. The molecular weight excluding hydrogens is 283 g/mol. The van der Waals surface area contributed by atoms with Crippen molar-refractivity contribution in [3.05, 3.63) is 45.6 Å². The van der Waals surface area contributed by atoms with Gasteiger partial charge in [0.1, 0.15) is 0 Å². The molecule has 0 atom stereocenters. The second-order valence-corrected chi connectivity index (χ2v) is 4.77. The molecule has 17 heavy (non-hydrogen) atoms. The van der Waals surface area contributed by atoms with Gasteiger partial charge in [0.2, 0.25) is 0 Å². The summed E-state index contributed by atoms with van der Waals surface area (Å²) in [5.74, 6) is 0. The van der Waals surface area contributed by atoms with Crippen LogP contribution < -0.4 is 0 Å². The minimum absolute atomic E-state index is 0. The monoisotopic (exact) mass is 306 g/mol. The summed E-state index contributed by atoms with van der Waals surface area (Å²) < 4.78 is 0. The molecule has 2 rings (SSSR count). The molecule has 0 fully saturated rings. The largest absolute Gasteiger partial charge is 2.00 e. The minimum Gasteiger partial charge on any atom is -1.00 e. The molecule has 0 bridgehead atoms. The van der Waals surface area contributed by atoms with E-state index in [9.17, 15) is 0 Å². The normalized spacial score (nSPS) is 18.5. The number of hydrogen-bond acceptors (Lipinski definition) is 0. The molecule has 94 valence electrons. The van der Waals surface area contributed by atoms with Gasteiger partial charge in [-0.15, -0.1) is 26.7 Å². The molecule has 0 radical (unpaired) electrons. The van der Waals surface area contributed by atoms with Crippen LogP contribution in [-0.2, 0) is 26.2 Å². The molecule has 2 aliphatic rings. The predicted molar refractivity (Wildman–Crippen MR) is 73.1 cm³/mol. The van der Waals surface area contributed by atoms with E-state index < -0.39 is 0 Å². The quantitative estimate of drug-likeness (QED) is 0.541. The van der Waals surface area contributed by atoms with Crippen LogP contribution in [-0.4, -0.2) is 0 Å². The van der Waals surface area contributed by atoms with Gasteiger partial charge in [0.05, 0.1) is 0 Å². The zero-order valence-electron chi connectivity index (χ0n) is 13.9. The third-order valence-electron chi connectivity index (χ3n) is 3.64. The van der Waals surface area contributed by atoms with Crippen LogP contribution in [0.15, 0.2) is 33.4 Å². The maximum Gasteiger partial charge on any atom is 2.00 e. The summed E-state index contributed by atoms with van der Waals surface area (Å²) in [7, 11) is 0. The van der Waals surface area contributed by atoms with E-state index in [1.54, 1.807) is 0 Å². The Morgan fingerprint density at radius 2 is 1.00 bits per heavy atom. The standard InChI is InChI=1S/2C8H11.Zr.2H/c2*1-6-4-5-7(2)8(6)3;;;/h2*4H2,1-3H3;;;/q2*-1;+2;2*-1. The van der Waals surface area contributed by atoms with Gasteiger partial charge in [-0.3, -0.25) is 12.2 Å². The summed E-state index contributed by atoms with van der Waals surface area (Å²) in [6.45, 7) is 12.9. The van der Waals surface area contributed by atoms with E-state index in [-0.39, 0.29) is 29.1 Å². The van der Waals surface area contributed by atoms with E-state index in [1.807, 2.05) is 0 Å². The number of allylic oxidation sites excluding steroid dienone is 8. The van der Waals surface area contributed by atoms with Crippen LogP contribution in [0.1, 0.15) is 57.2 Å². The summed E-state index contributed by atoms with van der Waals surface area (Å²) in [6.07, 6.45) is 8.63. The molecule has 0 amide bonds. The van der Waals surface area contributed by atoms with Crippen molar-refractivity contribution in [3.8, 4) is 0 Å². The summed E-state index contributed by atoms with van der Waals surface area (Å²) in [4.78, 5) is 0. The van der Waals surface area contributed by atoms with Crippen molar-refractivity contribution in [2.45, 2.75) is 54.4 Å². The molecule has 0 N–H and O–H groups in total. The molecule has 0 aromatic heterocycles. The number of rotatable bonds is 0. The van der Waals surface area contributed by atoms with E-state index >= 15 is 0 Å². The maximum atomic E-state index is 3.26. The molecular formula is C16H24Zr-2. The molecule has 0 spiro atoms. The molecule has 0 saturated carbocycles. The Hall–Kier alpha value is -0.157. The average Bonchev–Trinajstić information content (AvgIpc) is 2.70. The SMILES string of the molecule is CC1=[C-]CC(C)=C1C.CC1=[C-]CC(C)=C1C.[H-].[H-].[Zr+2]. The molecule has 0 nitrogen and oxygen atoms in total. The van der Waals surface area contributed by atoms with Gasteiger partial charge in [-0.25, -0.2) is 11.1 Å². The molecule has 0 aromatic carbocycles.